The van der Waals surface area contributed by atoms with Crippen LogP contribution in [0.4, 0.5) is 11.4 Å². The van der Waals surface area contributed by atoms with Crippen LogP contribution in [0.25, 0.3) is 0 Å². The molecule has 0 saturated carbocycles. The fourth-order valence-electron chi connectivity index (χ4n) is 1.95. The number of hydrogen-bond acceptors (Lipinski definition) is 6. The highest BCUT2D eigenvalue weighted by Crippen LogP contribution is 2.16. The molecule has 0 spiro atoms. The molecule has 112 valence electrons. The van der Waals surface area contributed by atoms with Gasteiger partial charge in [-0.15, -0.1) is 0 Å². The molecule has 0 aromatic heterocycles. The minimum absolute atomic E-state index is 0.00522. The first-order chi connectivity index (χ1) is 10.0. The zero-order valence-electron chi connectivity index (χ0n) is 11.4. The number of sulfone groups is 1. The lowest BCUT2D eigenvalue weighted by molar-refractivity contribution is 0.594. The van der Waals surface area contributed by atoms with Crippen molar-refractivity contribution in [3.05, 3.63) is 59.7 Å². The molecule has 0 amide bonds. The second-order valence-electron chi connectivity index (χ2n) is 4.71. The SMILES string of the molecule is NNc1ccc(CS(=O)(=O)Cc2ccc(NN)cc2)cc1. The standard InChI is InChI=1S/C14H18N4O2S/c15-17-13-5-1-11(2-6-13)9-21(19,20)10-12-3-7-14(18-16)8-4-12/h1-8,17-18H,9-10,15-16H2. The number of nitrogens with two attached hydrogens (primary N) is 2. The van der Waals surface area contributed by atoms with Crippen LogP contribution in [0.5, 0.6) is 0 Å². The van der Waals surface area contributed by atoms with Crippen LogP contribution >= 0.6 is 0 Å². The van der Waals surface area contributed by atoms with E-state index in [0.717, 1.165) is 22.5 Å². The summed E-state index contributed by atoms with van der Waals surface area (Å²) in [4.78, 5) is 0. The molecule has 0 bridgehead atoms. The Kier molecular flexibility index (Phi) is 4.79. The number of hydrazine groups is 2. The van der Waals surface area contributed by atoms with Gasteiger partial charge in [0, 0.05) is 11.4 Å². The van der Waals surface area contributed by atoms with Gasteiger partial charge in [0.25, 0.3) is 0 Å². The van der Waals surface area contributed by atoms with Crippen molar-refractivity contribution in [1.82, 2.24) is 0 Å². The van der Waals surface area contributed by atoms with Crippen molar-refractivity contribution in [1.29, 1.82) is 0 Å². The van der Waals surface area contributed by atoms with Gasteiger partial charge in [0.15, 0.2) is 9.84 Å². The molecular weight excluding hydrogens is 288 g/mol. The Morgan fingerprint density at radius 2 is 1.05 bits per heavy atom. The van der Waals surface area contributed by atoms with Gasteiger partial charge in [-0.3, -0.25) is 11.7 Å². The Morgan fingerprint density at radius 3 is 1.33 bits per heavy atom. The van der Waals surface area contributed by atoms with E-state index in [0.29, 0.717) is 0 Å². The van der Waals surface area contributed by atoms with Gasteiger partial charge >= 0.3 is 0 Å². The molecule has 0 heterocycles. The van der Waals surface area contributed by atoms with Gasteiger partial charge in [-0.2, -0.15) is 0 Å². The zero-order chi connectivity index (χ0) is 15.3. The number of benzene rings is 2. The van der Waals surface area contributed by atoms with E-state index in [1.165, 1.54) is 0 Å². The smallest absolute Gasteiger partial charge is 0.158 e. The van der Waals surface area contributed by atoms with Gasteiger partial charge in [0.05, 0.1) is 11.5 Å². The molecule has 0 aliphatic rings. The number of rotatable bonds is 6. The maximum absolute atomic E-state index is 12.2. The maximum atomic E-state index is 12.2. The number of nitrogen functional groups attached to an aromatic ring is 2. The van der Waals surface area contributed by atoms with Gasteiger partial charge in [0.2, 0.25) is 0 Å². The molecule has 21 heavy (non-hydrogen) atoms. The Morgan fingerprint density at radius 1 is 0.714 bits per heavy atom. The average Bonchev–Trinajstić information content (AvgIpc) is 2.48. The minimum Gasteiger partial charge on any atom is -0.324 e. The normalized spacial score (nSPS) is 11.1. The Labute approximate surface area is 124 Å². The van der Waals surface area contributed by atoms with Crippen LogP contribution < -0.4 is 22.5 Å². The topological polar surface area (TPSA) is 110 Å². The molecule has 0 aliphatic heterocycles. The summed E-state index contributed by atoms with van der Waals surface area (Å²) in [6, 6.07) is 13.9. The number of hydrogen-bond donors (Lipinski definition) is 4. The second-order valence-corrected chi connectivity index (χ2v) is 6.78. The van der Waals surface area contributed by atoms with E-state index in [9.17, 15) is 8.42 Å². The van der Waals surface area contributed by atoms with Gasteiger partial charge in [-0.25, -0.2) is 8.42 Å². The molecule has 0 fully saturated rings. The Hall–Kier alpha value is -2.09. The summed E-state index contributed by atoms with van der Waals surface area (Å²) in [5.74, 6) is 10.5. The molecule has 2 rings (SSSR count). The van der Waals surface area contributed by atoms with Crippen LogP contribution in [0.3, 0.4) is 0 Å². The predicted octanol–water partition coefficient (Wildman–Crippen LogP) is 1.37. The van der Waals surface area contributed by atoms with Crippen LogP contribution in [-0.4, -0.2) is 8.42 Å². The Bertz CT molecular complexity index is 626. The number of nitrogens with one attached hydrogen (secondary N) is 2. The minimum atomic E-state index is -3.23. The third kappa shape index (κ3) is 4.45. The molecule has 0 saturated heterocycles. The number of anilines is 2. The van der Waals surface area contributed by atoms with Gasteiger partial charge in [-0.1, -0.05) is 24.3 Å². The van der Waals surface area contributed by atoms with Gasteiger partial charge in [0.1, 0.15) is 0 Å². The highest BCUT2D eigenvalue weighted by atomic mass is 32.2. The first kappa shape index (κ1) is 15.3. The lowest BCUT2D eigenvalue weighted by Crippen LogP contribution is -2.09. The van der Waals surface area contributed by atoms with E-state index in [1.807, 2.05) is 0 Å². The molecular formula is C14H18N4O2S. The highest BCUT2D eigenvalue weighted by molar-refractivity contribution is 7.89. The van der Waals surface area contributed by atoms with E-state index in [2.05, 4.69) is 10.9 Å². The summed E-state index contributed by atoms with van der Waals surface area (Å²) in [6.07, 6.45) is 0. The molecule has 6 N–H and O–H groups in total. The summed E-state index contributed by atoms with van der Waals surface area (Å²) >= 11 is 0. The third-order valence-electron chi connectivity index (χ3n) is 3.01. The summed E-state index contributed by atoms with van der Waals surface area (Å²) < 4.78 is 24.4. The van der Waals surface area contributed by atoms with Crippen molar-refractivity contribution < 1.29 is 8.42 Å². The lowest BCUT2D eigenvalue weighted by Gasteiger charge is -2.07. The second kappa shape index (κ2) is 6.57. The van der Waals surface area contributed by atoms with Crippen LogP contribution in [0, 0.1) is 0 Å². The summed E-state index contributed by atoms with van der Waals surface area (Å²) in [7, 11) is -3.23. The molecule has 0 radical (unpaired) electrons. The molecule has 0 aliphatic carbocycles. The first-order valence-electron chi connectivity index (χ1n) is 6.34. The molecule has 0 atom stereocenters. The zero-order valence-corrected chi connectivity index (χ0v) is 12.2. The fraction of sp³-hybridized carbons (Fsp3) is 0.143. The molecule has 7 heteroatoms. The predicted molar refractivity (Wildman–Crippen MR) is 84.8 cm³/mol. The van der Waals surface area contributed by atoms with E-state index in [-0.39, 0.29) is 11.5 Å². The van der Waals surface area contributed by atoms with E-state index >= 15 is 0 Å². The van der Waals surface area contributed by atoms with Gasteiger partial charge in [-0.05, 0) is 35.4 Å². The largest absolute Gasteiger partial charge is 0.324 e. The Balaban J connectivity index is 2.06. The van der Waals surface area contributed by atoms with Crippen molar-refractivity contribution in [2.24, 2.45) is 11.7 Å². The van der Waals surface area contributed by atoms with E-state index < -0.39 is 9.84 Å². The van der Waals surface area contributed by atoms with E-state index in [1.54, 1.807) is 48.5 Å². The summed E-state index contributed by atoms with van der Waals surface area (Å²) in [5, 5.41) is 0. The summed E-state index contributed by atoms with van der Waals surface area (Å²) in [6.45, 7) is 0. The van der Waals surface area contributed by atoms with Crippen molar-refractivity contribution in [3.63, 3.8) is 0 Å². The monoisotopic (exact) mass is 306 g/mol. The van der Waals surface area contributed by atoms with Gasteiger partial charge < -0.3 is 10.9 Å². The maximum Gasteiger partial charge on any atom is 0.158 e. The van der Waals surface area contributed by atoms with Crippen LogP contribution in [-0.2, 0) is 21.3 Å². The van der Waals surface area contributed by atoms with Crippen molar-refractivity contribution in [3.8, 4) is 0 Å². The quantitative estimate of drug-likeness (QED) is 0.474. The average molecular weight is 306 g/mol. The van der Waals surface area contributed by atoms with Crippen LogP contribution in [0.2, 0.25) is 0 Å². The molecule has 2 aromatic carbocycles. The highest BCUT2D eigenvalue weighted by Gasteiger charge is 2.13. The van der Waals surface area contributed by atoms with Crippen molar-refractivity contribution in [2.45, 2.75) is 11.5 Å². The van der Waals surface area contributed by atoms with Crippen molar-refractivity contribution >= 4 is 21.2 Å². The first-order valence-corrected chi connectivity index (χ1v) is 8.16. The molecule has 2 aromatic rings. The van der Waals surface area contributed by atoms with Crippen molar-refractivity contribution in [2.75, 3.05) is 10.9 Å². The van der Waals surface area contributed by atoms with E-state index in [4.69, 9.17) is 11.7 Å². The lowest BCUT2D eigenvalue weighted by atomic mass is 10.2. The molecule has 0 unspecified atom stereocenters. The van der Waals surface area contributed by atoms with Crippen LogP contribution in [0.1, 0.15) is 11.1 Å². The fourth-order valence-corrected chi connectivity index (χ4v) is 3.46. The van der Waals surface area contributed by atoms with Crippen LogP contribution in [0.15, 0.2) is 48.5 Å². The summed E-state index contributed by atoms with van der Waals surface area (Å²) in [5.41, 5.74) is 7.94. The third-order valence-corrected chi connectivity index (χ3v) is 4.56. The molecule has 6 nitrogen and oxygen atoms in total.